The Labute approximate surface area is 169 Å². The largest absolute Gasteiger partial charge is 0.451 e. The minimum Gasteiger partial charge on any atom is -0.354 e. The van der Waals surface area contributed by atoms with Gasteiger partial charge in [-0.1, -0.05) is 60.3 Å². The van der Waals surface area contributed by atoms with Crippen molar-refractivity contribution in [2.24, 2.45) is 0 Å². The van der Waals surface area contributed by atoms with Crippen molar-refractivity contribution in [1.29, 1.82) is 0 Å². The van der Waals surface area contributed by atoms with Crippen LogP contribution in [-0.4, -0.2) is 28.2 Å². The zero-order valence-electron chi connectivity index (χ0n) is 15.4. The smallest absolute Gasteiger partial charge is 0.354 e. The molecule has 1 aliphatic rings. The quantitative estimate of drug-likeness (QED) is 0.471. The topological polar surface area (TPSA) is 54.9 Å². The van der Waals surface area contributed by atoms with E-state index in [1.807, 2.05) is 18.2 Å². The van der Waals surface area contributed by atoms with E-state index in [0.717, 1.165) is 24.6 Å². The highest BCUT2D eigenvalue weighted by molar-refractivity contribution is 8.00. The zero-order valence-corrected chi connectivity index (χ0v) is 16.2. The molecule has 2 aromatic carbocycles. The molecule has 0 bridgehead atoms. The molecule has 1 N–H and O–H groups in total. The molecule has 0 saturated heterocycles. The number of carbonyl (C=O) groups is 1. The summed E-state index contributed by atoms with van der Waals surface area (Å²) in [5, 5.41) is 3.58. The Bertz CT molecular complexity index is 1040. The molecule has 1 heterocycles. The highest BCUT2D eigenvalue weighted by Gasteiger charge is 2.44. The number of nitrogens with one attached hydrogen (secondary N) is 1. The summed E-state index contributed by atoms with van der Waals surface area (Å²) in [5.41, 5.74) is 1.38. The maximum absolute atomic E-state index is 13.1. The average Bonchev–Trinajstić information content (AvgIpc) is 3.51. The van der Waals surface area contributed by atoms with Crippen LogP contribution in [0.25, 0.3) is 10.9 Å². The van der Waals surface area contributed by atoms with E-state index in [2.05, 4.69) is 27.4 Å². The number of benzene rings is 2. The summed E-state index contributed by atoms with van der Waals surface area (Å²) in [6.07, 6.45) is -2.62. The first-order valence-corrected chi connectivity index (χ1v) is 10.1. The lowest BCUT2D eigenvalue weighted by atomic mass is 9.96. The van der Waals surface area contributed by atoms with Crippen LogP contribution in [0.4, 0.5) is 13.2 Å². The second-order valence-electron chi connectivity index (χ2n) is 7.08. The molecule has 4 nitrogen and oxygen atoms in total. The predicted molar refractivity (Wildman–Crippen MR) is 106 cm³/mol. The van der Waals surface area contributed by atoms with Crippen molar-refractivity contribution in [3.05, 3.63) is 66.0 Å². The van der Waals surface area contributed by atoms with Crippen molar-refractivity contribution in [1.82, 2.24) is 15.3 Å². The van der Waals surface area contributed by atoms with Gasteiger partial charge in [0.1, 0.15) is 5.03 Å². The molecule has 1 amide bonds. The van der Waals surface area contributed by atoms with E-state index in [9.17, 15) is 18.0 Å². The standard InChI is InChI=1S/C21H18F3N3OS/c22-21(23,24)19-26-16-9-5-4-8-15(16)18(27-19)29-12-17(28)25-13-20(10-11-20)14-6-2-1-3-7-14/h1-9H,10-13H2,(H,25,28). The van der Waals surface area contributed by atoms with E-state index in [0.29, 0.717) is 11.9 Å². The Hall–Kier alpha value is -2.61. The second kappa shape index (κ2) is 7.67. The third-order valence-electron chi connectivity index (χ3n) is 5.03. The Morgan fingerprint density at radius 2 is 1.72 bits per heavy atom. The number of thioether (sulfide) groups is 1. The lowest BCUT2D eigenvalue weighted by Gasteiger charge is -2.16. The van der Waals surface area contributed by atoms with Gasteiger partial charge < -0.3 is 5.32 Å². The third-order valence-corrected chi connectivity index (χ3v) is 6.02. The molecule has 1 aromatic heterocycles. The SMILES string of the molecule is O=C(CSc1nc(C(F)(F)F)nc2ccccc12)NCC1(c2ccccc2)CC1. The average molecular weight is 417 g/mol. The molecule has 3 aromatic rings. The van der Waals surface area contributed by atoms with Crippen molar-refractivity contribution in [2.75, 3.05) is 12.3 Å². The van der Waals surface area contributed by atoms with Gasteiger partial charge in [-0.25, -0.2) is 9.97 Å². The number of amides is 1. The number of fused-ring (bicyclic) bond motifs is 1. The molecule has 150 valence electrons. The number of hydrogen-bond donors (Lipinski definition) is 1. The Balaban J connectivity index is 1.44. The van der Waals surface area contributed by atoms with Crippen molar-refractivity contribution >= 4 is 28.6 Å². The number of nitrogens with zero attached hydrogens (tertiary/aromatic N) is 2. The number of rotatable bonds is 6. The number of halogens is 3. The molecule has 4 rings (SSSR count). The van der Waals surface area contributed by atoms with Crippen LogP contribution in [0.15, 0.2) is 59.6 Å². The zero-order chi connectivity index (χ0) is 20.5. The molecular weight excluding hydrogens is 399 g/mol. The van der Waals surface area contributed by atoms with E-state index in [1.165, 1.54) is 11.6 Å². The molecule has 29 heavy (non-hydrogen) atoms. The van der Waals surface area contributed by atoms with Crippen molar-refractivity contribution in [2.45, 2.75) is 29.5 Å². The number of hydrogen-bond acceptors (Lipinski definition) is 4. The van der Waals surface area contributed by atoms with Gasteiger partial charge in [0, 0.05) is 17.3 Å². The number of para-hydroxylation sites is 1. The fourth-order valence-corrected chi connectivity index (χ4v) is 4.10. The third kappa shape index (κ3) is 4.37. The maximum atomic E-state index is 13.1. The molecule has 1 aliphatic carbocycles. The van der Waals surface area contributed by atoms with Gasteiger partial charge in [-0.2, -0.15) is 13.2 Å². The van der Waals surface area contributed by atoms with E-state index in [1.54, 1.807) is 18.2 Å². The van der Waals surface area contributed by atoms with Gasteiger partial charge in [-0.3, -0.25) is 4.79 Å². The first-order chi connectivity index (χ1) is 13.9. The van der Waals surface area contributed by atoms with Crippen LogP contribution in [0.1, 0.15) is 24.2 Å². The summed E-state index contributed by atoms with van der Waals surface area (Å²) >= 11 is 0.992. The van der Waals surface area contributed by atoms with Crippen LogP contribution in [0, 0.1) is 0 Å². The maximum Gasteiger partial charge on any atom is 0.451 e. The fourth-order valence-electron chi connectivity index (χ4n) is 3.25. The van der Waals surface area contributed by atoms with Crippen LogP contribution in [0.3, 0.4) is 0 Å². The number of carbonyl (C=O) groups excluding carboxylic acids is 1. The van der Waals surface area contributed by atoms with Crippen molar-refractivity contribution in [3.63, 3.8) is 0 Å². The highest BCUT2D eigenvalue weighted by Crippen LogP contribution is 2.47. The highest BCUT2D eigenvalue weighted by atomic mass is 32.2. The Kier molecular flexibility index (Phi) is 5.21. The molecule has 0 atom stereocenters. The number of alkyl halides is 3. The van der Waals surface area contributed by atoms with Gasteiger partial charge in [0.25, 0.3) is 0 Å². The summed E-state index contributed by atoms with van der Waals surface area (Å²) in [5.74, 6) is -1.43. The summed E-state index contributed by atoms with van der Waals surface area (Å²) in [4.78, 5) is 19.6. The molecule has 0 spiro atoms. The Morgan fingerprint density at radius 3 is 2.41 bits per heavy atom. The van der Waals surface area contributed by atoms with Crippen molar-refractivity contribution in [3.8, 4) is 0 Å². The lowest BCUT2D eigenvalue weighted by Crippen LogP contribution is -2.33. The first-order valence-electron chi connectivity index (χ1n) is 9.16. The first kappa shape index (κ1) is 19.7. The van der Waals surface area contributed by atoms with E-state index < -0.39 is 12.0 Å². The van der Waals surface area contributed by atoms with Gasteiger partial charge in [0.15, 0.2) is 0 Å². The van der Waals surface area contributed by atoms with Gasteiger partial charge >= 0.3 is 6.18 Å². The number of aromatic nitrogens is 2. The monoisotopic (exact) mass is 417 g/mol. The summed E-state index contributed by atoms with van der Waals surface area (Å²) in [7, 11) is 0. The minimum absolute atomic E-state index is 0.0107. The molecular formula is C21H18F3N3OS. The fraction of sp³-hybridized carbons (Fsp3) is 0.286. The van der Waals surface area contributed by atoms with Gasteiger partial charge in [0.05, 0.1) is 11.3 Å². The van der Waals surface area contributed by atoms with Crippen LogP contribution >= 0.6 is 11.8 Å². The van der Waals surface area contributed by atoms with Crippen LogP contribution < -0.4 is 5.32 Å². The minimum atomic E-state index is -4.64. The second-order valence-corrected chi connectivity index (χ2v) is 8.04. The lowest BCUT2D eigenvalue weighted by molar-refractivity contribution is -0.145. The molecule has 0 aliphatic heterocycles. The summed E-state index contributed by atoms with van der Waals surface area (Å²) in [6.45, 7) is 0.523. The molecule has 0 radical (unpaired) electrons. The Morgan fingerprint density at radius 1 is 1.03 bits per heavy atom. The predicted octanol–water partition coefficient (Wildman–Crippen LogP) is 4.59. The molecule has 0 unspecified atom stereocenters. The normalized spacial score (nSPS) is 15.3. The van der Waals surface area contributed by atoms with Gasteiger partial charge in [0.2, 0.25) is 11.7 Å². The van der Waals surface area contributed by atoms with Crippen LogP contribution in [-0.2, 0) is 16.4 Å². The summed E-state index contributed by atoms with van der Waals surface area (Å²) < 4.78 is 39.3. The van der Waals surface area contributed by atoms with E-state index in [4.69, 9.17) is 0 Å². The van der Waals surface area contributed by atoms with Gasteiger partial charge in [-0.15, -0.1) is 0 Å². The van der Waals surface area contributed by atoms with E-state index in [-0.39, 0.29) is 27.6 Å². The van der Waals surface area contributed by atoms with Gasteiger partial charge in [-0.05, 0) is 24.5 Å². The summed E-state index contributed by atoms with van der Waals surface area (Å²) in [6, 6.07) is 16.5. The van der Waals surface area contributed by atoms with Crippen molar-refractivity contribution < 1.29 is 18.0 Å². The molecule has 1 saturated carbocycles. The van der Waals surface area contributed by atoms with E-state index >= 15 is 0 Å². The molecule has 1 fully saturated rings. The molecule has 8 heteroatoms. The van der Waals surface area contributed by atoms with Crippen LogP contribution in [0.5, 0.6) is 0 Å². The van der Waals surface area contributed by atoms with Crippen LogP contribution in [0.2, 0.25) is 0 Å².